The number of benzene rings is 3. The van der Waals surface area contributed by atoms with E-state index in [2.05, 4.69) is 33.9 Å². The number of rotatable bonds is 16. The lowest BCUT2D eigenvalue weighted by atomic mass is 9.97. The maximum Gasteiger partial charge on any atom is 0.192 e. The Balaban J connectivity index is 1.35. The Morgan fingerprint density at radius 1 is 0.620 bits per heavy atom. The minimum absolute atomic E-state index is 0.0329. The second kappa shape index (κ2) is 18.1. The van der Waals surface area contributed by atoms with Crippen LogP contribution in [0.25, 0.3) is 0 Å². The van der Waals surface area contributed by atoms with E-state index in [9.17, 15) is 5.11 Å². The van der Waals surface area contributed by atoms with Gasteiger partial charge in [0.25, 0.3) is 0 Å². The number of hydrogen-bond donors (Lipinski definition) is 1. The van der Waals surface area contributed by atoms with Crippen LogP contribution in [-0.2, 0) is 57.4 Å². The molecule has 1 fully saturated rings. The van der Waals surface area contributed by atoms with E-state index in [4.69, 9.17) is 37.6 Å². The first-order valence-corrected chi connectivity index (χ1v) is 20.4. The molecule has 0 unspecified atom stereocenters. The Morgan fingerprint density at radius 3 is 1.62 bits per heavy atom. The molecule has 2 heterocycles. The molecule has 3 aromatic rings. The maximum atomic E-state index is 10.7. The molecule has 0 radical (unpaired) electrons. The van der Waals surface area contributed by atoms with E-state index in [1.54, 1.807) is 19.3 Å². The average molecular weight is 707 g/mol. The average Bonchev–Trinajstić information content (AvgIpc) is 3.12. The normalized spacial score (nSPS) is 27.3. The van der Waals surface area contributed by atoms with E-state index in [0.717, 1.165) is 16.7 Å². The number of ether oxygens (including phenoxy) is 7. The first-order chi connectivity index (χ1) is 24.0. The summed E-state index contributed by atoms with van der Waals surface area (Å²) in [6.07, 6.45) is -1.82. The summed E-state index contributed by atoms with van der Waals surface area (Å²) in [6, 6.07) is 30.0. The monoisotopic (exact) mass is 706 g/mol. The van der Waals surface area contributed by atoms with Crippen LogP contribution in [-0.4, -0.2) is 83.0 Å². The first kappa shape index (κ1) is 38.5. The van der Waals surface area contributed by atoms with Crippen molar-refractivity contribution in [2.45, 2.75) is 108 Å². The molecule has 272 valence electrons. The molecule has 0 saturated carbocycles. The van der Waals surface area contributed by atoms with Gasteiger partial charge in [0, 0.05) is 7.11 Å². The van der Waals surface area contributed by atoms with E-state index in [1.807, 2.05) is 91.0 Å². The van der Waals surface area contributed by atoms with E-state index < -0.39 is 57.5 Å². The van der Waals surface area contributed by atoms with Crippen molar-refractivity contribution in [3.05, 3.63) is 120 Å². The molecular formula is C40H54O9Si. The van der Waals surface area contributed by atoms with Crippen LogP contribution >= 0.6 is 0 Å². The van der Waals surface area contributed by atoms with Crippen molar-refractivity contribution < 1.29 is 42.7 Å². The molecule has 0 bridgehead atoms. The third-order valence-corrected chi connectivity index (χ3v) is 14.2. The molecule has 9 nitrogen and oxygen atoms in total. The van der Waals surface area contributed by atoms with E-state index >= 15 is 0 Å². The Hall–Kier alpha value is -2.74. The fourth-order valence-electron chi connectivity index (χ4n) is 5.63. The van der Waals surface area contributed by atoms with Crippen molar-refractivity contribution in [1.82, 2.24) is 0 Å². The van der Waals surface area contributed by atoms with Gasteiger partial charge in [-0.2, -0.15) is 0 Å². The zero-order valence-electron chi connectivity index (χ0n) is 30.2. The lowest BCUT2D eigenvalue weighted by molar-refractivity contribution is -0.327. The van der Waals surface area contributed by atoms with Crippen LogP contribution in [0.4, 0.5) is 0 Å². The lowest BCUT2D eigenvalue weighted by Crippen LogP contribution is -2.61. The van der Waals surface area contributed by atoms with Gasteiger partial charge in [-0.05, 0) is 40.9 Å². The summed E-state index contributed by atoms with van der Waals surface area (Å²) in [7, 11) is -0.452. The SMILES string of the molecule is CO[C@H]1O[C@H](CO[C@H]2C=C[C@@H](O)[C@@H](CO[Si](C)(C)C(C)(C)C)O2)[C@@H](OCc2ccccc2)[C@H](OCc2ccccc2)[C@H]1OCc1ccccc1. The zero-order valence-corrected chi connectivity index (χ0v) is 31.2. The van der Waals surface area contributed by atoms with Gasteiger partial charge in [-0.25, -0.2) is 0 Å². The summed E-state index contributed by atoms with van der Waals surface area (Å²) < 4.78 is 51.3. The second-order valence-corrected chi connectivity index (χ2v) is 19.2. The highest BCUT2D eigenvalue weighted by Gasteiger charge is 2.49. The summed E-state index contributed by atoms with van der Waals surface area (Å²) in [5, 5.41) is 10.7. The summed E-state index contributed by atoms with van der Waals surface area (Å²) in [5.74, 6) is 0. The molecule has 2 aliphatic heterocycles. The molecule has 0 spiro atoms. The maximum absolute atomic E-state index is 10.7. The van der Waals surface area contributed by atoms with E-state index in [-0.39, 0.29) is 18.3 Å². The van der Waals surface area contributed by atoms with Gasteiger partial charge in [-0.1, -0.05) is 118 Å². The van der Waals surface area contributed by atoms with Crippen molar-refractivity contribution in [3.63, 3.8) is 0 Å². The van der Waals surface area contributed by atoms with Crippen LogP contribution in [0.2, 0.25) is 18.1 Å². The van der Waals surface area contributed by atoms with Gasteiger partial charge in [0.2, 0.25) is 0 Å². The number of methoxy groups -OCH3 is 1. The van der Waals surface area contributed by atoms with Crippen molar-refractivity contribution in [3.8, 4) is 0 Å². The van der Waals surface area contributed by atoms with E-state index in [0.29, 0.717) is 19.8 Å². The third-order valence-electron chi connectivity index (χ3n) is 9.67. The highest BCUT2D eigenvalue weighted by atomic mass is 28.4. The quantitative estimate of drug-likeness (QED) is 0.128. The molecule has 0 aromatic heterocycles. The third kappa shape index (κ3) is 10.6. The first-order valence-electron chi connectivity index (χ1n) is 17.5. The molecule has 2 aliphatic rings. The number of aliphatic hydroxyl groups is 1. The van der Waals surface area contributed by atoms with Gasteiger partial charge in [0.15, 0.2) is 20.9 Å². The van der Waals surface area contributed by atoms with Gasteiger partial charge >= 0.3 is 0 Å². The molecule has 3 aromatic carbocycles. The minimum atomic E-state index is -2.05. The van der Waals surface area contributed by atoms with Crippen LogP contribution in [0.5, 0.6) is 0 Å². The van der Waals surface area contributed by atoms with E-state index in [1.165, 1.54) is 0 Å². The Morgan fingerprint density at radius 2 is 1.12 bits per heavy atom. The number of hydrogen-bond acceptors (Lipinski definition) is 9. The van der Waals surface area contributed by atoms with Gasteiger partial charge < -0.3 is 42.7 Å². The molecule has 5 rings (SSSR count). The van der Waals surface area contributed by atoms with Crippen LogP contribution < -0.4 is 0 Å². The molecule has 1 N–H and O–H groups in total. The smallest absolute Gasteiger partial charge is 0.192 e. The topological polar surface area (TPSA) is 94.1 Å². The van der Waals surface area contributed by atoms with Crippen LogP contribution in [0.15, 0.2) is 103 Å². The van der Waals surface area contributed by atoms with Crippen LogP contribution in [0.3, 0.4) is 0 Å². The number of aliphatic hydroxyl groups excluding tert-OH is 1. The predicted molar refractivity (Wildman–Crippen MR) is 194 cm³/mol. The van der Waals surface area contributed by atoms with Gasteiger partial charge in [0.05, 0.1) is 33.0 Å². The standard InChI is InChI=1S/C40H54O9Si/c1-40(2,3)50(5,6)47-28-33-32(41)22-23-35(48-33)43-27-34-36(44-24-29-16-10-7-11-17-29)37(45-25-30-18-12-8-13-19-30)38(39(42-4)49-34)46-26-31-20-14-9-15-21-31/h7-23,32-39,41H,24-28H2,1-6H3/t32-,33-,34-,35-,36-,37+,38-,39+/m1/s1. The van der Waals surface area contributed by atoms with Gasteiger partial charge in [-0.15, -0.1) is 0 Å². The Labute approximate surface area is 298 Å². The summed E-state index contributed by atoms with van der Waals surface area (Å²) in [6.45, 7) is 12.3. The highest BCUT2D eigenvalue weighted by molar-refractivity contribution is 6.74. The minimum Gasteiger partial charge on any atom is -0.414 e. The van der Waals surface area contributed by atoms with Crippen molar-refractivity contribution in [2.24, 2.45) is 0 Å². The second-order valence-electron chi connectivity index (χ2n) is 14.4. The van der Waals surface area contributed by atoms with Crippen molar-refractivity contribution in [1.29, 1.82) is 0 Å². The zero-order chi connectivity index (χ0) is 35.6. The predicted octanol–water partition coefficient (Wildman–Crippen LogP) is 6.79. The Kier molecular flexibility index (Phi) is 14.0. The van der Waals surface area contributed by atoms with Crippen molar-refractivity contribution in [2.75, 3.05) is 20.3 Å². The molecular weight excluding hydrogens is 653 g/mol. The summed E-state index contributed by atoms with van der Waals surface area (Å²) >= 11 is 0. The largest absolute Gasteiger partial charge is 0.414 e. The van der Waals surface area contributed by atoms with Gasteiger partial charge in [0.1, 0.15) is 36.6 Å². The van der Waals surface area contributed by atoms with Crippen LogP contribution in [0, 0.1) is 0 Å². The van der Waals surface area contributed by atoms with Crippen molar-refractivity contribution >= 4 is 8.32 Å². The fourth-order valence-corrected chi connectivity index (χ4v) is 6.64. The van der Waals surface area contributed by atoms with Crippen LogP contribution in [0.1, 0.15) is 37.5 Å². The lowest BCUT2D eigenvalue weighted by Gasteiger charge is -2.45. The summed E-state index contributed by atoms with van der Waals surface area (Å²) in [5.41, 5.74) is 3.06. The summed E-state index contributed by atoms with van der Waals surface area (Å²) in [4.78, 5) is 0. The molecule has 1 saturated heterocycles. The molecule has 8 atom stereocenters. The fraction of sp³-hybridized carbons (Fsp3) is 0.500. The molecule has 0 amide bonds. The molecule has 10 heteroatoms. The Bertz CT molecular complexity index is 1430. The molecule has 0 aliphatic carbocycles. The van der Waals surface area contributed by atoms with Gasteiger partial charge in [-0.3, -0.25) is 0 Å². The highest BCUT2D eigenvalue weighted by Crippen LogP contribution is 2.37. The molecule has 50 heavy (non-hydrogen) atoms.